The van der Waals surface area contributed by atoms with Crippen LogP contribution in [0.4, 0.5) is 0 Å². The lowest BCUT2D eigenvalue weighted by Crippen LogP contribution is -2.27. The molecule has 0 bridgehead atoms. The van der Waals surface area contributed by atoms with Crippen molar-refractivity contribution in [2.24, 2.45) is 0 Å². The van der Waals surface area contributed by atoms with Crippen molar-refractivity contribution in [1.82, 2.24) is 25.1 Å². The van der Waals surface area contributed by atoms with Crippen LogP contribution >= 0.6 is 11.8 Å². The number of nitrogens with one attached hydrogen (secondary N) is 1. The summed E-state index contributed by atoms with van der Waals surface area (Å²) in [6, 6.07) is 9.53. The third kappa shape index (κ3) is 3.46. The molecule has 3 aromatic rings. The van der Waals surface area contributed by atoms with E-state index >= 15 is 0 Å². The molecular formula is C17H17N5OS. The average molecular weight is 339 g/mol. The summed E-state index contributed by atoms with van der Waals surface area (Å²) in [4.78, 5) is 20.7. The summed E-state index contributed by atoms with van der Waals surface area (Å²) in [6.07, 6.45) is 8.58. The van der Waals surface area contributed by atoms with E-state index in [0.717, 1.165) is 11.3 Å². The fourth-order valence-corrected chi connectivity index (χ4v) is 2.69. The molecule has 6 nitrogen and oxygen atoms in total. The highest BCUT2D eigenvalue weighted by molar-refractivity contribution is 7.98. The first-order valence-electron chi connectivity index (χ1n) is 7.45. The minimum Gasteiger partial charge on any atom is -0.345 e. The highest BCUT2D eigenvalue weighted by atomic mass is 32.2. The van der Waals surface area contributed by atoms with Crippen molar-refractivity contribution in [1.29, 1.82) is 0 Å². The Morgan fingerprint density at radius 2 is 1.96 bits per heavy atom. The van der Waals surface area contributed by atoms with Crippen molar-refractivity contribution in [2.75, 3.05) is 6.26 Å². The number of rotatable bonds is 5. The molecule has 2 heterocycles. The van der Waals surface area contributed by atoms with Gasteiger partial charge in [-0.25, -0.2) is 14.6 Å². The molecule has 7 heteroatoms. The van der Waals surface area contributed by atoms with Gasteiger partial charge in [0.25, 0.3) is 5.91 Å². The van der Waals surface area contributed by atoms with Crippen LogP contribution in [0, 0.1) is 0 Å². The molecule has 0 aliphatic rings. The Kier molecular flexibility index (Phi) is 4.90. The summed E-state index contributed by atoms with van der Waals surface area (Å²) in [6.45, 7) is 1.94. The summed E-state index contributed by atoms with van der Waals surface area (Å²) in [7, 11) is 0. The van der Waals surface area contributed by atoms with Gasteiger partial charge in [-0.15, -0.1) is 0 Å². The van der Waals surface area contributed by atoms with Crippen molar-refractivity contribution in [3.63, 3.8) is 0 Å². The van der Waals surface area contributed by atoms with Crippen LogP contribution in [0.25, 0.3) is 5.69 Å². The van der Waals surface area contributed by atoms with Gasteiger partial charge < -0.3 is 5.32 Å². The van der Waals surface area contributed by atoms with E-state index < -0.39 is 0 Å². The zero-order valence-corrected chi connectivity index (χ0v) is 14.2. The smallest absolute Gasteiger partial charge is 0.254 e. The number of benzene rings is 1. The van der Waals surface area contributed by atoms with E-state index in [-0.39, 0.29) is 11.9 Å². The highest BCUT2D eigenvalue weighted by Gasteiger charge is 2.16. The molecule has 0 saturated heterocycles. The van der Waals surface area contributed by atoms with Crippen molar-refractivity contribution >= 4 is 17.7 Å². The van der Waals surface area contributed by atoms with Crippen LogP contribution < -0.4 is 5.32 Å². The third-order valence-corrected chi connectivity index (χ3v) is 4.15. The second-order valence-electron chi connectivity index (χ2n) is 5.16. The number of para-hydroxylation sites is 1. The van der Waals surface area contributed by atoms with Gasteiger partial charge in [0, 0.05) is 24.8 Å². The number of hydrogen-bond donors (Lipinski definition) is 1. The van der Waals surface area contributed by atoms with E-state index in [2.05, 4.69) is 20.4 Å². The minimum absolute atomic E-state index is 0.182. The summed E-state index contributed by atoms with van der Waals surface area (Å²) < 4.78 is 1.79. The number of aromatic nitrogens is 4. The van der Waals surface area contributed by atoms with Gasteiger partial charge in [-0.1, -0.05) is 30.0 Å². The van der Waals surface area contributed by atoms with Crippen LogP contribution in [0.5, 0.6) is 0 Å². The molecule has 1 N–H and O–H groups in total. The Morgan fingerprint density at radius 1 is 1.21 bits per heavy atom. The lowest BCUT2D eigenvalue weighted by atomic mass is 10.1. The van der Waals surface area contributed by atoms with Gasteiger partial charge in [0.1, 0.15) is 0 Å². The molecule has 0 aliphatic heterocycles. The first-order valence-corrected chi connectivity index (χ1v) is 8.67. The minimum atomic E-state index is -0.203. The van der Waals surface area contributed by atoms with Gasteiger partial charge in [-0.2, -0.15) is 5.10 Å². The van der Waals surface area contributed by atoms with E-state index in [9.17, 15) is 4.79 Å². The van der Waals surface area contributed by atoms with Crippen LogP contribution in [0.2, 0.25) is 0 Å². The first kappa shape index (κ1) is 16.2. The first-order chi connectivity index (χ1) is 11.7. The molecule has 0 aliphatic carbocycles. The van der Waals surface area contributed by atoms with Gasteiger partial charge in [-0.05, 0) is 30.9 Å². The zero-order valence-electron chi connectivity index (χ0n) is 13.4. The monoisotopic (exact) mass is 339 g/mol. The Labute approximate surface area is 144 Å². The van der Waals surface area contributed by atoms with Gasteiger partial charge in [-0.3, -0.25) is 4.79 Å². The number of amides is 1. The molecule has 1 amide bonds. The largest absolute Gasteiger partial charge is 0.345 e. The standard InChI is InChI=1S/C17H17N5OS/c1-12(21-16(23)13-10-18-17(24-2)19-11-13)14-6-3-4-7-15(14)22-9-5-8-20-22/h3-12H,1-2H3,(H,21,23). The molecule has 1 aromatic carbocycles. The lowest BCUT2D eigenvalue weighted by molar-refractivity contribution is 0.0939. The second kappa shape index (κ2) is 7.27. The topological polar surface area (TPSA) is 72.7 Å². The maximum absolute atomic E-state index is 12.4. The van der Waals surface area contributed by atoms with E-state index in [1.54, 1.807) is 23.3 Å². The molecule has 24 heavy (non-hydrogen) atoms. The normalized spacial score (nSPS) is 11.9. The van der Waals surface area contributed by atoms with Gasteiger partial charge >= 0.3 is 0 Å². The van der Waals surface area contributed by atoms with Crippen LogP contribution in [-0.4, -0.2) is 31.9 Å². The molecule has 0 fully saturated rings. The second-order valence-corrected chi connectivity index (χ2v) is 5.94. The predicted octanol–water partition coefficient (Wildman–Crippen LogP) is 2.88. The number of hydrogen-bond acceptors (Lipinski definition) is 5. The van der Waals surface area contributed by atoms with Crippen molar-refractivity contribution in [3.8, 4) is 5.69 Å². The average Bonchev–Trinajstić information content (AvgIpc) is 3.16. The molecule has 1 atom stereocenters. The number of carbonyl (C=O) groups excluding carboxylic acids is 1. The lowest BCUT2D eigenvalue weighted by Gasteiger charge is -2.18. The van der Waals surface area contributed by atoms with Crippen LogP contribution in [0.1, 0.15) is 28.9 Å². The predicted molar refractivity (Wildman–Crippen MR) is 93.3 cm³/mol. The van der Waals surface area contributed by atoms with E-state index in [1.807, 2.05) is 49.7 Å². The maximum Gasteiger partial charge on any atom is 0.254 e. The van der Waals surface area contributed by atoms with Crippen LogP contribution in [-0.2, 0) is 0 Å². The third-order valence-electron chi connectivity index (χ3n) is 3.57. The number of nitrogens with zero attached hydrogens (tertiary/aromatic N) is 4. The quantitative estimate of drug-likeness (QED) is 0.571. The maximum atomic E-state index is 12.4. The number of thioether (sulfide) groups is 1. The van der Waals surface area contributed by atoms with E-state index in [1.165, 1.54) is 11.8 Å². The zero-order chi connectivity index (χ0) is 16.9. The highest BCUT2D eigenvalue weighted by Crippen LogP contribution is 2.21. The van der Waals surface area contributed by atoms with E-state index in [4.69, 9.17) is 0 Å². The summed E-state index contributed by atoms with van der Waals surface area (Å²) in [5, 5.41) is 7.90. The van der Waals surface area contributed by atoms with E-state index in [0.29, 0.717) is 10.7 Å². The molecule has 1 unspecified atom stereocenters. The van der Waals surface area contributed by atoms with Gasteiger partial charge in [0.15, 0.2) is 5.16 Å². The molecule has 0 spiro atoms. The summed E-state index contributed by atoms with van der Waals surface area (Å²) >= 11 is 1.44. The summed E-state index contributed by atoms with van der Waals surface area (Å²) in [5.41, 5.74) is 2.36. The Bertz CT molecular complexity index is 817. The van der Waals surface area contributed by atoms with Crippen molar-refractivity contribution in [2.45, 2.75) is 18.1 Å². The Balaban J connectivity index is 1.80. The van der Waals surface area contributed by atoms with Crippen LogP contribution in [0.15, 0.2) is 60.3 Å². The Hall–Kier alpha value is -2.67. The van der Waals surface area contributed by atoms with Gasteiger partial charge in [0.05, 0.1) is 17.3 Å². The molecule has 2 aromatic heterocycles. The number of carbonyl (C=O) groups is 1. The Morgan fingerprint density at radius 3 is 2.62 bits per heavy atom. The van der Waals surface area contributed by atoms with Gasteiger partial charge in [0.2, 0.25) is 0 Å². The SMILES string of the molecule is CSc1ncc(C(=O)NC(C)c2ccccc2-n2cccn2)cn1. The fourth-order valence-electron chi connectivity index (χ4n) is 2.37. The molecular weight excluding hydrogens is 322 g/mol. The molecule has 122 valence electrons. The molecule has 3 rings (SSSR count). The van der Waals surface area contributed by atoms with Crippen molar-refractivity contribution in [3.05, 3.63) is 66.2 Å². The van der Waals surface area contributed by atoms with Crippen molar-refractivity contribution < 1.29 is 4.79 Å². The van der Waals surface area contributed by atoms with Crippen LogP contribution in [0.3, 0.4) is 0 Å². The molecule has 0 radical (unpaired) electrons. The summed E-state index contributed by atoms with van der Waals surface area (Å²) in [5.74, 6) is -0.203. The molecule has 0 saturated carbocycles. The fraction of sp³-hybridized carbons (Fsp3) is 0.176.